The molecule has 0 aromatic heterocycles. The van der Waals surface area contributed by atoms with E-state index in [1.165, 1.54) is 44.9 Å². The summed E-state index contributed by atoms with van der Waals surface area (Å²) >= 11 is 0. The molecule has 1 fully saturated rings. The number of methoxy groups -OCH3 is 1. The minimum Gasteiger partial charge on any atom is -0.465 e. The van der Waals surface area contributed by atoms with Crippen LogP contribution in [0.3, 0.4) is 0 Å². The number of halogens is 1. The first-order valence-corrected chi connectivity index (χ1v) is 6.78. The zero-order valence-electron chi connectivity index (χ0n) is 11.2. The van der Waals surface area contributed by atoms with Gasteiger partial charge in [-0.15, -0.1) is 0 Å². The number of rotatable bonds is 7. The zero-order chi connectivity index (χ0) is 13.7. The number of esters is 1. The molecule has 0 heterocycles. The summed E-state index contributed by atoms with van der Waals surface area (Å²) in [7, 11) is 1.25. The predicted molar refractivity (Wildman–Crippen MR) is 71.4 cm³/mol. The Hall–Kier alpha value is -1.42. The molecule has 0 unspecified atom stereocenters. The molecule has 1 aliphatic rings. The van der Waals surface area contributed by atoms with E-state index in [1.807, 2.05) is 0 Å². The average molecular weight is 265 g/mol. The Kier molecular flexibility index (Phi) is 4.91. The van der Waals surface area contributed by atoms with Crippen molar-refractivity contribution in [3.63, 3.8) is 0 Å². The van der Waals surface area contributed by atoms with E-state index in [-0.39, 0.29) is 5.56 Å². The molecular weight excluding hydrogens is 245 g/mol. The molecule has 1 aliphatic carbocycles. The smallest absolute Gasteiger partial charge is 0.340 e. The molecule has 3 nitrogen and oxygen atoms in total. The van der Waals surface area contributed by atoms with E-state index >= 15 is 0 Å². The van der Waals surface area contributed by atoms with Crippen LogP contribution in [0.5, 0.6) is 0 Å². The van der Waals surface area contributed by atoms with E-state index in [0.717, 1.165) is 18.0 Å². The fourth-order valence-corrected chi connectivity index (χ4v) is 2.10. The molecule has 0 spiro atoms. The first-order valence-electron chi connectivity index (χ1n) is 6.78. The normalized spacial score (nSPS) is 14.4. The fraction of sp³-hybridized carbons (Fsp3) is 0.533. The Morgan fingerprint density at radius 1 is 1.47 bits per heavy atom. The van der Waals surface area contributed by atoms with E-state index in [2.05, 4.69) is 10.1 Å². The van der Waals surface area contributed by atoms with Gasteiger partial charge in [0.25, 0.3) is 0 Å². The van der Waals surface area contributed by atoms with Crippen LogP contribution in [0.4, 0.5) is 4.39 Å². The van der Waals surface area contributed by atoms with E-state index in [4.69, 9.17) is 0 Å². The maximum absolute atomic E-state index is 13.6. The zero-order valence-corrected chi connectivity index (χ0v) is 11.2. The van der Waals surface area contributed by atoms with Gasteiger partial charge in [-0.05, 0) is 43.0 Å². The first kappa shape index (κ1) is 14.0. The van der Waals surface area contributed by atoms with Crippen LogP contribution in [0.1, 0.15) is 41.6 Å². The van der Waals surface area contributed by atoms with Gasteiger partial charge in [-0.25, -0.2) is 9.18 Å². The van der Waals surface area contributed by atoms with Gasteiger partial charge in [0.15, 0.2) is 0 Å². The molecule has 1 aromatic carbocycles. The molecule has 0 amide bonds. The largest absolute Gasteiger partial charge is 0.465 e. The molecular formula is C15H20FNO2. The third-order valence-corrected chi connectivity index (χ3v) is 3.43. The highest BCUT2D eigenvalue weighted by molar-refractivity contribution is 5.89. The molecule has 0 saturated heterocycles. The maximum atomic E-state index is 13.6. The number of benzene rings is 1. The highest BCUT2D eigenvalue weighted by atomic mass is 19.1. The minimum absolute atomic E-state index is 0.0139. The first-order chi connectivity index (χ1) is 9.20. The van der Waals surface area contributed by atoms with Crippen LogP contribution in [0, 0.1) is 11.7 Å². The van der Waals surface area contributed by atoms with E-state index in [0.29, 0.717) is 6.54 Å². The van der Waals surface area contributed by atoms with Gasteiger partial charge >= 0.3 is 5.97 Å². The SMILES string of the molecule is COC(=O)c1ccc(CNCCCC2CC2)cc1F. The van der Waals surface area contributed by atoms with Gasteiger partial charge in [0.1, 0.15) is 5.82 Å². The van der Waals surface area contributed by atoms with Crippen molar-refractivity contribution in [2.75, 3.05) is 13.7 Å². The summed E-state index contributed by atoms with van der Waals surface area (Å²) in [6, 6.07) is 4.62. The Labute approximate surface area is 113 Å². The van der Waals surface area contributed by atoms with Crippen molar-refractivity contribution in [1.29, 1.82) is 0 Å². The summed E-state index contributed by atoms with van der Waals surface area (Å²) in [5, 5.41) is 3.29. The van der Waals surface area contributed by atoms with Crippen LogP contribution >= 0.6 is 0 Å². The molecule has 104 valence electrons. The minimum atomic E-state index is -0.638. The van der Waals surface area contributed by atoms with Crippen molar-refractivity contribution in [2.45, 2.75) is 32.2 Å². The standard InChI is InChI=1S/C15H20FNO2/c1-19-15(18)13-7-6-12(9-14(13)16)10-17-8-2-3-11-4-5-11/h6-7,9,11,17H,2-5,8,10H2,1H3. The fourth-order valence-electron chi connectivity index (χ4n) is 2.10. The summed E-state index contributed by atoms with van der Waals surface area (Å²) < 4.78 is 18.2. The van der Waals surface area contributed by atoms with Crippen molar-refractivity contribution < 1.29 is 13.9 Å². The number of carbonyl (C=O) groups excluding carboxylic acids is 1. The van der Waals surface area contributed by atoms with Crippen LogP contribution in [0.2, 0.25) is 0 Å². The summed E-state index contributed by atoms with van der Waals surface area (Å²) in [6.07, 6.45) is 5.25. The van der Waals surface area contributed by atoms with Crippen molar-refractivity contribution in [3.05, 3.63) is 35.1 Å². The molecule has 1 N–H and O–H groups in total. The summed E-state index contributed by atoms with van der Waals surface area (Å²) in [5.41, 5.74) is 0.830. The lowest BCUT2D eigenvalue weighted by atomic mass is 10.1. The molecule has 0 bridgehead atoms. The molecule has 19 heavy (non-hydrogen) atoms. The molecule has 2 rings (SSSR count). The van der Waals surface area contributed by atoms with Crippen LogP contribution < -0.4 is 5.32 Å². The Morgan fingerprint density at radius 3 is 2.89 bits per heavy atom. The quantitative estimate of drug-likeness (QED) is 0.608. The summed E-state index contributed by atoms with van der Waals surface area (Å²) in [4.78, 5) is 11.2. The number of hydrogen-bond acceptors (Lipinski definition) is 3. The second kappa shape index (κ2) is 6.66. The van der Waals surface area contributed by atoms with Gasteiger partial charge in [-0.1, -0.05) is 18.9 Å². The van der Waals surface area contributed by atoms with Crippen molar-refractivity contribution >= 4 is 5.97 Å². The molecule has 1 saturated carbocycles. The van der Waals surface area contributed by atoms with E-state index < -0.39 is 11.8 Å². The van der Waals surface area contributed by atoms with Crippen molar-refractivity contribution in [3.8, 4) is 0 Å². The lowest BCUT2D eigenvalue weighted by Gasteiger charge is -2.06. The second-order valence-corrected chi connectivity index (χ2v) is 5.07. The monoisotopic (exact) mass is 265 g/mol. The molecule has 4 heteroatoms. The lowest BCUT2D eigenvalue weighted by molar-refractivity contribution is 0.0595. The number of nitrogens with one attached hydrogen (secondary N) is 1. The lowest BCUT2D eigenvalue weighted by Crippen LogP contribution is -2.15. The van der Waals surface area contributed by atoms with E-state index in [9.17, 15) is 9.18 Å². The molecule has 0 radical (unpaired) electrons. The van der Waals surface area contributed by atoms with Crippen LogP contribution in [-0.2, 0) is 11.3 Å². The Bertz CT molecular complexity index is 444. The number of carbonyl (C=O) groups is 1. The molecule has 1 aromatic rings. The van der Waals surface area contributed by atoms with Gasteiger partial charge < -0.3 is 10.1 Å². The van der Waals surface area contributed by atoms with Crippen molar-refractivity contribution in [2.24, 2.45) is 5.92 Å². The Morgan fingerprint density at radius 2 is 2.26 bits per heavy atom. The highest BCUT2D eigenvalue weighted by Gasteiger charge is 2.19. The summed E-state index contributed by atoms with van der Waals surface area (Å²) in [6.45, 7) is 1.58. The maximum Gasteiger partial charge on any atom is 0.340 e. The third-order valence-electron chi connectivity index (χ3n) is 3.43. The summed E-state index contributed by atoms with van der Waals surface area (Å²) in [5.74, 6) is -0.204. The molecule has 0 aliphatic heterocycles. The number of hydrogen-bond donors (Lipinski definition) is 1. The van der Waals surface area contributed by atoms with Gasteiger partial charge in [0.2, 0.25) is 0 Å². The van der Waals surface area contributed by atoms with E-state index in [1.54, 1.807) is 6.07 Å². The van der Waals surface area contributed by atoms with Gasteiger partial charge in [-0.3, -0.25) is 0 Å². The predicted octanol–water partition coefficient (Wildman–Crippen LogP) is 2.89. The average Bonchev–Trinajstić information content (AvgIpc) is 3.22. The number of ether oxygens (including phenoxy) is 1. The van der Waals surface area contributed by atoms with Crippen LogP contribution in [-0.4, -0.2) is 19.6 Å². The van der Waals surface area contributed by atoms with Gasteiger partial charge in [0.05, 0.1) is 12.7 Å². The highest BCUT2D eigenvalue weighted by Crippen LogP contribution is 2.33. The Balaban J connectivity index is 1.76. The van der Waals surface area contributed by atoms with Gasteiger partial charge in [0, 0.05) is 6.54 Å². The van der Waals surface area contributed by atoms with Crippen LogP contribution in [0.25, 0.3) is 0 Å². The topological polar surface area (TPSA) is 38.3 Å². The molecule has 0 atom stereocenters. The second-order valence-electron chi connectivity index (χ2n) is 5.07. The van der Waals surface area contributed by atoms with Gasteiger partial charge in [-0.2, -0.15) is 0 Å². The van der Waals surface area contributed by atoms with Crippen molar-refractivity contribution in [1.82, 2.24) is 5.32 Å². The third kappa shape index (κ3) is 4.31. The van der Waals surface area contributed by atoms with Crippen LogP contribution in [0.15, 0.2) is 18.2 Å².